The standard InChI is InChI=1S/C17H25N5O3S/c1-26-13-11-20-6-8-21(9-7-20)16-17(19-5-4-18-16)25-12-10-22-14(23)2-3-15(22)24/h4-5H,2-3,6-13H2,1H3. The quantitative estimate of drug-likeness (QED) is 0.604. The van der Waals surface area contributed by atoms with Crippen molar-refractivity contribution in [3.63, 3.8) is 0 Å². The van der Waals surface area contributed by atoms with E-state index in [-0.39, 0.29) is 25.0 Å². The Morgan fingerprint density at radius 1 is 1.04 bits per heavy atom. The van der Waals surface area contributed by atoms with Gasteiger partial charge in [-0.05, 0) is 6.26 Å². The molecule has 1 aromatic heterocycles. The number of hydrogen-bond acceptors (Lipinski definition) is 8. The Labute approximate surface area is 157 Å². The van der Waals surface area contributed by atoms with Crippen LogP contribution < -0.4 is 9.64 Å². The molecule has 2 amide bonds. The van der Waals surface area contributed by atoms with Crippen molar-refractivity contribution < 1.29 is 14.3 Å². The molecule has 0 atom stereocenters. The van der Waals surface area contributed by atoms with Crippen LogP contribution in [0.25, 0.3) is 0 Å². The number of amides is 2. The van der Waals surface area contributed by atoms with Crippen LogP contribution in [0.4, 0.5) is 5.82 Å². The van der Waals surface area contributed by atoms with Crippen LogP contribution in [0.2, 0.25) is 0 Å². The van der Waals surface area contributed by atoms with Gasteiger partial charge < -0.3 is 9.64 Å². The molecule has 0 spiro atoms. The second kappa shape index (κ2) is 9.18. The van der Waals surface area contributed by atoms with Gasteiger partial charge in [-0.3, -0.25) is 19.4 Å². The topological polar surface area (TPSA) is 78.9 Å². The van der Waals surface area contributed by atoms with E-state index in [1.165, 1.54) is 4.90 Å². The van der Waals surface area contributed by atoms with Gasteiger partial charge in [0.15, 0.2) is 5.82 Å². The third-order valence-electron chi connectivity index (χ3n) is 4.64. The van der Waals surface area contributed by atoms with E-state index < -0.39 is 0 Å². The van der Waals surface area contributed by atoms with Crippen molar-refractivity contribution in [1.29, 1.82) is 0 Å². The minimum Gasteiger partial charge on any atom is -0.473 e. The molecule has 0 radical (unpaired) electrons. The highest BCUT2D eigenvalue weighted by molar-refractivity contribution is 7.98. The van der Waals surface area contributed by atoms with Crippen molar-refractivity contribution in [3.8, 4) is 5.88 Å². The number of rotatable bonds is 8. The molecule has 3 rings (SSSR count). The van der Waals surface area contributed by atoms with E-state index in [0.717, 1.165) is 44.3 Å². The number of carbonyl (C=O) groups is 2. The van der Waals surface area contributed by atoms with Crippen LogP contribution >= 0.6 is 11.8 Å². The van der Waals surface area contributed by atoms with Gasteiger partial charge in [0.1, 0.15) is 6.61 Å². The van der Waals surface area contributed by atoms with Crippen molar-refractivity contribution in [3.05, 3.63) is 12.4 Å². The SMILES string of the molecule is CSCCN1CCN(c2nccnc2OCCN2C(=O)CCC2=O)CC1. The van der Waals surface area contributed by atoms with Crippen molar-refractivity contribution >= 4 is 29.4 Å². The van der Waals surface area contributed by atoms with Gasteiger partial charge in [0, 0.05) is 63.7 Å². The van der Waals surface area contributed by atoms with Crippen molar-refractivity contribution in [2.24, 2.45) is 0 Å². The van der Waals surface area contributed by atoms with Crippen molar-refractivity contribution in [2.45, 2.75) is 12.8 Å². The van der Waals surface area contributed by atoms with Gasteiger partial charge in [0.2, 0.25) is 11.8 Å². The number of aromatic nitrogens is 2. The molecular formula is C17H25N5O3S. The number of carbonyl (C=O) groups excluding carboxylic acids is 2. The number of ether oxygens (including phenoxy) is 1. The van der Waals surface area contributed by atoms with E-state index >= 15 is 0 Å². The number of anilines is 1. The number of hydrogen-bond donors (Lipinski definition) is 0. The number of thioether (sulfide) groups is 1. The maximum absolute atomic E-state index is 11.7. The Morgan fingerprint density at radius 2 is 1.73 bits per heavy atom. The molecule has 0 saturated carbocycles. The average molecular weight is 379 g/mol. The maximum Gasteiger partial charge on any atom is 0.257 e. The summed E-state index contributed by atoms with van der Waals surface area (Å²) in [6, 6.07) is 0. The van der Waals surface area contributed by atoms with Gasteiger partial charge in [-0.1, -0.05) is 0 Å². The third-order valence-corrected chi connectivity index (χ3v) is 5.23. The Hall–Kier alpha value is -1.87. The Morgan fingerprint density at radius 3 is 2.42 bits per heavy atom. The number of piperazine rings is 1. The smallest absolute Gasteiger partial charge is 0.257 e. The van der Waals surface area contributed by atoms with Crippen LogP contribution in [0.1, 0.15) is 12.8 Å². The minimum absolute atomic E-state index is 0.126. The van der Waals surface area contributed by atoms with Crippen LogP contribution in [0.15, 0.2) is 12.4 Å². The lowest BCUT2D eigenvalue weighted by Gasteiger charge is -2.35. The Balaban J connectivity index is 1.53. The number of imide groups is 1. The van der Waals surface area contributed by atoms with Crippen LogP contribution in [-0.2, 0) is 9.59 Å². The zero-order valence-corrected chi connectivity index (χ0v) is 15.9. The molecule has 8 nitrogen and oxygen atoms in total. The monoisotopic (exact) mass is 379 g/mol. The van der Waals surface area contributed by atoms with Crippen molar-refractivity contribution in [1.82, 2.24) is 19.8 Å². The van der Waals surface area contributed by atoms with Gasteiger partial charge in [-0.2, -0.15) is 11.8 Å². The van der Waals surface area contributed by atoms with Crippen LogP contribution in [-0.4, -0.2) is 89.5 Å². The lowest BCUT2D eigenvalue weighted by atomic mass is 10.3. The Bertz CT molecular complexity index is 621. The van der Waals surface area contributed by atoms with E-state index in [1.54, 1.807) is 12.4 Å². The summed E-state index contributed by atoms with van der Waals surface area (Å²) in [5, 5.41) is 0. The largest absolute Gasteiger partial charge is 0.473 e. The average Bonchev–Trinajstić information content (AvgIpc) is 2.99. The summed E-state index contributed by atoms with van der Waals surface area (Å²) < 4.78 is 5.76. The molecule has 1 aromatic rings. The summed E-state index contributed by atoms with van der Waals surface area (Å²) in [5.41, 5.74) is 0. The third kappa shape index (κ3) is 4.64. The molecule has 142 valence electrons. The number of nitrogens with zero attached hydrogens (tertiary/aromatic N) is 5. The molecular weight excluding hydrogens is 354 g/mol. The lowest BCUT2D eigenvalue weighted by Crippen LogP contribution is -2.47. The van der Waals surface area contributed by atoms with Crippen LogP contribution in [0.3, 0.4) is 0 Å². The molecule has 0 N–H and O–H groups in total. The molecule has 0 bridgehead atoms. The zero-order chi connectivity index (χ0) is 18.4. The van der Waals surface area contributed by atoms with E-state index in [4.69, 9.17) is 4.74 Å². The van der Waals surface area contributed by atoms with Crippen LogP contribution in [0.5, 0.6) is 5.88 Å². The minimum atomic E-state index is -0.126. The van der Waals surface area contributed by atoms with Crippen molar-refractivity contribution in [2.75, 3.05) is 62.8 Å². The second-order valence-corrected chi connectivity index (χ2v) is 7.28. The molecule has 26 heavy (non-hydrogen) atoms. The molecule has 2 aliphatic rings. The highest BCUT2D eigenvalue weighted by Crippen LogP contribution is 2.24. The molecule has 9 heteroatoms. The summed E-state index contributed by atoms with van der Waals surface area (Å²) in [4.78, 5) is 37.9. The fraction of sp³-hybridized carbons (Fsp3) is 0.647. The van der Waals surface area contributed by atoms with Gasteiger partial charge >= 0.3 is 0 Å². The van der Waals surface area contributed by atoms with Gasteiger partial charge in [-0.25, -0.2) is 9.97 Å². The molecule has 0 aromatic carbocycles. The fourth-order valence-corrected chi connectivity index (χ4v) is 3.59. The zero-order valence-electron chi connectivity index (χ0n) is 15.1. The summed E-state index contributed by atoms with van der Waals surface area (Å²) in [7, 11) is 0. The lowest BCUT2D eigenvalue weighted by molar-refractivity contribution is -0.138. The first kappa shape index (κ1) is 18.9. The van der Waals surface area contributed by atoms with E-state index in [1.807, 2.05) is 11.8 Å². The van der Waals surface area contributed by atoms with E-state index in [2.05, 4.69) is 26.0 Å². The predicted molar refractivity (Wildman–Crippen MR) is 101 cm³/mol. The first-order chi connectivity index (χ1) is 12.7. The van der Waals surface area contributed by atoms with Gasteiger partial charge in [-0.15, -0.1) is 0 Å². The first-order valence-corrected chi connectivity index (χ1v) is 10.3. The molecule has 0 aliphatic carbocycles. The second-order valence-electron chi connectivity index (χ2n) is 6.29. The fourth-order valence-electron chi connectivity index (χ4n) is 3.15. The Kier molecular flexibility index (Phi) is 6.67. The van der Waals surface area contributed by atoms with Gasteiger partial charge in [0.25, 0.3) is 5.88 Å². The molecule has 2 fully saturated rings. The molecule has 3 heterocycles. The molecule has 0 unspecified atom stereocenters. The van der Waals surface area contributed by atoms with Crippen LogP contribution in [0, 0.1) is 0 Å². The van der Waals surface area contributed by atoms with E-state index in [0.29, 0.717) is 18.7 Å². The summed E-state index contributed by atoms with van der Waals surface area (Å²) in [6.07, 6.45) is 5.99. The number of likely N-dealkylation sites (tertiary alicyclic amines) is 1. The maximum atomic E-state index is 11.7. The normalized spacial score (nSPS) is 18.7. The first-order valence-electron chi connectivity index (χ1n) is 8.92. The highest BCUT2D eigenvalue weighted by Gasteiger charge is 2.28. The summed E-state index contributed by atoms with van der Waals surface area (Å²) >= 11 is 1.87. The molecule has 2 aliphatic heterocycles. The molecule has 2 saturated heterocycles. The van der Waals surface area contributed by atoms with Gasteiger partial charge in [0.05, 0.1) is 6.54 Å². The predicted octanol–water partition coefficient (Wildman–Crippen LogP) is 0.489. The van der Waals surface area contributed by atoms with E-state index in [9.17, 15) is 9.59 Å². The summed E-state index contributed by atoms with van der Waals surface area (Å²) in [6.45, 7) is 5.35. The summed E-state index contributed by atoms with van der Waals surface area (Å²) in [5.74, 6) is 2.09. The highest BCUT2D eigenvalue weighted by atomic mass is 32.2.